The largest absolute Gasteiger partial charge is 0.497 e. The van der Waals surface area contributed by atoms with Crippen molar-refractivity contribution in [3.63, 3.8) is 0 Å². The van der Waals surface area contributed by atoms with Gasteiger partial charge in [-0.15, -0.1) is 0 Å². The van der Waals surface area contributed by atoms with Crippen molar-refractivity contribution in [1.29, 1.82) is 0 Å². The summed E-state index contributed by atoms with van der Waals surface area (Å²) in [6, 6.07) is 19.6. The summed E-state index contributed by atoms with van der Waals surface area (Å²) in [5, 5.41) is 3.65. The average molecular weight is 297 g/mol. The summed E-state index contributed by atoms with van der Waals surface area (Å²) < 4.78 is 5.19. The van der Waals surface area contributed by atoms with Crippen LogP contribution in [0.3, 0.4) is 0 Å². The highest BCUT2D eigenvalue weighted by Gasteiger charge is 2.07. The molecule has 0 unspecified atom stereocenters. The smallest absolute Gasteiger partial charge is 0.118 e. The van der Waals surface area contributed by atoms with Gasteiger partial charge in [0.05, 0.1) is 7.11 Å². The lowest BCUT2D eigenvalue weighted by molar-refractivity contribution is 0.414. The van der Waals surface area contributed by atoms with Crippen LogP contribution in [0.2, 0.25) is 0 Å². The lowest BCUT2D eigenvalue weighted by Gasteiger charge is -2.18. The maximum atomic E-state index is 5.19. The monoisotopic (exact) mass is 297 g/mol. The fraction of sp³-hybridized carbons (Fsp3) is 0.400. The van der Waals surface area contributed by atoms with E-state index in [2.05, 4.69) is 61.6 Å². The van der Waals surface area contributed by atoms with E-state index in [4.69, 9.17) is 4.74 Å². The van der Waals surface area contributed by atoms with E-state index in [9.17, 15) is 0 Å². The van der Waals surface area contributed by atoms with Gasteiger partial charge in [0.25, 0.3) is 0 Å². The Kier molecular flexibility index (Phi) is 6.47. The minimum absolute atomic E-state index is 0.522. The van der Waals surface area contributed by atoms with Gasteiger partial charge in [-0.1, -0.05) is 49.4 Å². The second-order valence-electron chi connectivity index (χ2n) is 6.01. The quantitative estimate of drug-likeness (QED) is 0.779. The SMILES string of the molecule is COc1ccc(CC[C@@H](C)NC[C@@H](C)c2ccccc2)cc1. The number of benzene rings is 2. The first-order valence-electron chi connectivity index (χ1n) is 8.10. The van der Waals surface area contributed by atoms with Gasteiger partial charge in [0.2, 0.25) is 0 Å². The predicted octanol–water partition coefficient (Wildman–Crippen LogP) is 4.41. The van der Waals surface area contributed by atoms with Crippen LogP contribution in [0, 0.1) is 0 Å². The van der Waals surface area contributed by atoms with Crippen LogP contribution >= 0.6 is 0 Å². The zero-order valence-corrected chi connectivity index (χ0v) is 13.9. The molecule has 2 rings (SSSR count). The van der Waals surface area contributed by atoms with Gasteiger partial charge < -0.3 is 10.1 Å². The standard InChI is InChI=1S/C20H27NO/c1-16(19-7-5-4-6-8-19)15-21-17(2)9-10-18-11-13-20(22-3)14-12-18/h4-8,11-14,16-17,21H,9-10,15H2,1-3H3/t16-,17-/m1/s1. The first-order chi connectivity index (χ1) is 10.7. The van der Waals surface area contributed by atoms with Gasteiger partial charge >= 0.3 is 0 Å². The summed E-state index contributed by atoms with van der Waals surface area (Å²) in [5.74, 6) is 1.47. The molecule has 0 saturated heterocycles. The van der Waals surface area contributed by atoms with Crippen molar-refractivity contribution in [2.45, 2.75) is 38.6 Å². The van der Waals surface area contributed by atoms with Gasteiger partial charge in [-0.25, -0.2) is 0 Å². The molecule has 0 amide bonds. The Morgan fingerprint density at radius 3 is 2.27 bits per heavy atom. The number of hydrogen-bond acceptors (Lipinski definition) is 2. The molecule has 2 heteroatoms. The fourth-order valence-electron chi connectivity index (χ4n) is 2.55. The Morgan fingerprint density at radius 2 is 1.64 bits per heavy atom. The topological polar surface area (TPSA) is 21.3 Å². The summed E-state index contributed by atoms with van der Waals surface area (Å²) in [6.45, 7) is 5.56. The van der Waals surface area contributed by atoms with E-state index in [1.807, 2.05) is 12.1 Å². The number of hydrogen-bond donors (Lipinski definition) is 1. The van der Waals surface area contributed by atoms with Crippen molar-refractivity contribution in [3.8, 4) is 5.75 Å². The van der Waals surface area contributed by atoms with Crippen LogP contribution in [-0.2, 0) is 6.42 Å². The maximum absolute atomic E-state index is 5.19. The molecule has 2 atom stereocenters. The van der Waals surface area contributed by atoms with E-state index in [1.54, 1.807) is 7.11 Å². The molecule has 0 aliphatic heterocycles. The molecule has 0 aliphatic carbocycles. The maximum Gasteiger partial charge on any atom is 0.118 e. The Balaban J connectivity index is 1.72. The Bertz CT molecular complexity index is 535. The number of ether oxygens (including phenoxy) is 1. The lowest BCUT2D eigenvalue weighted by Crippen LogP contribution is -2.30. The summed E-state index contributed by atoms with van der Waals surface area (Å²) >= 11 is 0. The normalized spacial score (nSPS) is 13.6. The molecule has 0 heterocycles. The van der Waals surface area contributed by atoms with E-state index in [-0.39, 0.29) is 0 Å². The van der Waals surface area contributed by atoms with Gasteiger partial charge in [0, 0.05) is 12.6 Å². The fourth-order valence-corrected chi connectivity index (χ4v) is 2.55. The van der Waals surface area contributed by atoms with E-state index in [1.165, 1.54) is 11.1 Å². The van der Waals surface area contributed by atoms with E-state index in [0.717, 1.165) is 25.1 Å². The molecule has 22 heavy (non-hydrogen) atoms. The van der Waals surface area contributed by atoms with Crippen molar-refractivity contribution in [3.05, 3.63) is 65.7 Å². The van der Waals surface area contributed by atoms with Crippen LogP contribution in [0.15, 0.2) is 54.6 Å². The van der Waals surface area contributed by atoms with Gasteiger partial charge in [0.1, 0.15) is 5.75 Å². The van der Waals surface area contributed by atoms with E-state index >= 15 is 0 Å². The van der Waals surface area contributed by atoms with Crippen LogP contribution in [0.4, 0.5) is 0 Å². The van der Waals surface area contributed by atoms with E-state index in [0.29, 0.717) is 12.0 Å². The molecule has 2 aromatic rings. The number of methoxy groups -OCH3 is 1. The molecular formula is C20H27NO. The molecule has 118 valence electrons. The summed E-state index contributed by atoms with van der Waals surface area (Å²) in [7, 11) is 1.70. The van der Waals surface area contributed by atoms with Crippen LogP contribution in [0.5, 0.6) is 5.75 Å². The minimum atomic E-state index is 0.522. The third-order valence-electron chi connectivity index (χ3n) is 4.17. The first-order valence-corrected chi connectivity index (χ1v) is 8.10. The first kappa shape index (κ1) is 16.6. The second-order valence-corrected chi connectivity index (χ2v) is 6.01. The molecule has 0 radical (unpaired) electrons. The molecule has 2 nitrogen and oxygen atoms in total. The molecule has 0 bridgehead atoms. The van der Waals surface area contributed by atoms with Crippen LogP contribution < -0.4 is 10.1 Å². The second kappa shape index (κ2) is 8.60. The zero-order valence-electron chi connectivity index (χ0n) is 13.9. The molecule has 0 spiro atoms. The van der Waals surface area contributed by atoms with Crippen LogP contribution in [0.25, 0.3) is 0 Å². The summed E-state index contributed by atoms with van der Waals surface area (Å²) in [5.41, 5.74) is 2.77. The van der Waals surface area contributed by atoms with Crippen molar-refractivity contribution < 1.29 is 4.74 Å². The van der Waals surface area contributed by atoms with E-state index < -0.39 is 0 Å². The van der Waals surface area contributed by atoms with Crippen molar-refractivity contribution in [1.82, 2.24) is 5.32 Å². The summed E-state index contributed by atoms with van der Waals surface area (Å²) in [6.07, 6.45) is 2.24. The zero-order chi connectivity index (χ0) is 15.8. The van der Waals surface area contributed by atoms with Gasteiger partial charge in [0.15, 0.2) is 0 Å². The average Bonchev–Trinajstić information content (AvgIpc) is 2.59. The molecule has 2 aromatic carbocycles. The number of nitrogens with one attached hydrogen (secondary N) is 1. The molecule has 0 fully saturated rings. The van der Waals surface area contributed by atoms with Crippen molar-refractivity contribution >= 4 is 0 Å². The molecular weight excluding hydrogens is 270 g/mol. The highest BCUT2D eigenvalue weighted by molar-refractivity contribution is 5.27. The van der Waals surface area contributed by atoms with Gasteiger partial charge in [-0.2, -0.15) is 0 Å². The molecule has 1 N–H and O–H groups in total. The minimum Gasteiger partial charge on any atom is -0.497 e. The number of rotatable bonds is 8. The Labute approximate surface area is 134 Å². The van der Waals surface area contributed by atoms with Crippen molar-refractivity contribution in [2.24, 2.45) is 0 Å². The molecule has 0 saturated carbocycles. The number of aryl methyl sites for hydroxylation is 1. The van der Waals surface area contributed by atoms with Crippen molar-refractivity contribution in [2.75, 3.05) is 13.7 Å². The lowest BCUT2D eigenvalue weighted by atomic mass is 10.0. The Morgan fingerprint density at radius 1 is 0.955 bits per heavy atom. The summed E-state index contributed by atoms with van der Waals surface area (Å²) in [4.78, 5) is 0. The highest BCUT2D eigenvalue weighted by Crippen LogP contribution is 2.15. The van der Waals surface area contributed by atoms with Gasteiger partial charge in [-0.05, 0) is 48.9 Å². The van der Waals surface area contributed by atoms with Gasteiger partial charge in [-0.3, -0.25) is 0 Å². The van der Waals surface area contributed by atoms with Crippen LogP contribution in [0.1, 0.15) is 37.3 Å². The highest BCUT2D eigenvalue weighted by atomic mass is 16.5. The molecule has 0 aromatic heterocycles. The Hall–Kier alpha value is -1.80. The third kappa shape index (κ3) is 5.19. The molecule has 0 aliphatic rings. The van der Waals surface area contributed by atoms with Crippen LogP contribution in [-0.4, -0.2) is 19.7 Å². The third-order valence-corrected chi connectivity index (χ3v) is 4.17. The predicted molar refractivity (Wildman–Crippen MR) is 93.6 cm³/mol.